The average Bonchev–Trinajstić information content (AvgIpc) is 2.47. The molecule has 1 saturated heterocycles. The predicted molar refractivity (Wildman–Crippen MR) is 78.9 cm³/mol. The first kappa shape index (κ1) is 13.9. The first-order valence-corrected chi connectivity index (χ1v) is 7.22. The van der Waals surface area contributed by atoms with Crippen molar-refractivity contribution in [1.82, 2.24) is 4.90 Å². The maximum absolute atomic E-state index is 11.9. The third-order valence-corrected chi connectivity index (χ3v) is 3.87. The number of likely N-dealkylation sites (tertiary alicyclic amines) is 1. The summed E-state index contributed by atoms with van der Waals surface area (Å²) in [5.41, 5.74) is 1.40. The van der Waals surface area contributed by atoms with E-state index in [1.54, 1.807) is 6.08 Å². The van der Waals surface area contributed by atoms with Crippen LogP contribution in [-0.2, 0) is 11.2 Å². The second-order valence-electron chi connectivity index (χ2n) is 5.37. The quantitative estimate of drug-likeness (QED) is 0.740. The van der Waals surface area contributed by atoms with E-state index < -0.39 is 0 Å². The number of carbonyl (C=O) groups is 1. The third-order valence-electron chi connectivity index (χ3n) is 3.87. The molecule has 0 N–H and O–H groups in total. The lowest BCUT2D eigenvalue weighted by Gasteiger charge is -2.32. The summed E-state index contributed by atoms with van der Waals surface area (Å²) in [6.45, 7) is 5.50. The molecule has 0 saturated carbocycles. The minimum Gasteiger partial charge on any atom is -0.342 e. The highest BCUT2D eigenvalue weighted by Gasteiger charge is 2.22. The van der Waals surface area contributed by atoms with Crippen molar-refractivity contribution < 1.29 is 4.79 Å². The minimum atomic E-state index is 0.236. The van der Waals surface area contributed by atoms with E-state index in [0.29, 0.717) is 12.3 Å². The van der Waals surface area contributed by atoms with Gasteiger partial charge in [0.2, 0.25) is 5.91 Å². The fourth-order valence-electron chi connectivity index (χ4n) is 2.80. The van der Waals surface area contributed by atoms with Crippen LogP contribution in [0.25, 0.3) is 0 Å². The Kier molecular flexibility index (Phi) is 5.20. The van der Waals surface area contributed by atoms with Crippen LogP contribution < -0.4 is 0 Å². The third kappa shape index (κ3) is 4.23. The van der Waals surface area contributed by atoms with Crippen molar-refractivity contribution in [3.63, 3.8) is 0 Å². The molecule has 2 nitrogen and oxygen atoms in total. The van der Waals surface area contributed by atoms with Crippen LogP contribution in [0.4, 0.5) is 0 Å². The van der Waals surface area contributed by atoms with Gasteiger partial charge in [-0.1, -0.05) is 36.4 Å². The number of carbonyl (C=O) groups excluding carboxylic acids is 1. The molecule has 1 heterocycles. The van der Waals surface area contributed by atoms with Gasteiger partial charge in [0.05, 0.1) is 0 Å². The van der Waals surface area contributed by atoms with Gasteiger partial charge in [0, 0.05) is 19.5 Å². The van der Waals surface area contributed by atoms with Crippen molar-refractivity contribution in [1.29, 1.82) is 0 Å². The number of nitrogens with zero attached hydrogens (tertiary/aromatic N) is 1. The Morgan fingerprint density at radius 3 is 2.89 bits per heavy atom. The van der Waals surface area contributed by atoms with E-state index in [1.807, 2.05) is 4.90 Å². The Hall–Kier alpha value is -1.57. The van der Waals surface area contributed by atoms with Crippen molar-refractivity contribution in [2.75, 3.05) is 13.1 Å². The highest BCUT2D eigenvalue weighted by Crippen LogP contribution is 2.22. The number of hydrogen-bond acceptors (Lipinski definition) is 1. The standard InChI is InChI=1S/C17H23NO/c1-2-7-17(19)18-13-6-10-16(14-18)12-11-15-8-4-3-5-9-15/h2-5,8-9,16H,1,6-7,10-14H2/t16-/m1/s1. The lowest BCUT2D eigenvalue weighted by molar-refractivity contribution is -0.132. The Labute approximate surface area is 116 Å². The van der Waals surface area contributed by atoms with Crippen LogP contribution >= 0.6 is 0 Å². The molecular weight excluding hydrogens is 234 g/mol. The Morgan fingerprint density at radius 2 is 2.16 bits per heavy atom. The molecule has 1 aromatic rings. The van der Waals surface area contributed by atoms with Gasteiger partial charge in [0.25, 0.3) is 0 Å². The molecule has 2 rings (SSSR count). The smallest absolute Gasteiger partial charge is 0.226 e. The van der Waals surface area contributed by atoms with Crippen LogP contribution in [0.5, 0.6) is 0 Å². The average molecular weight is 257 g/mol. The van der Waals surface area contributed by atoms with Gasteiger partial charge in [0.1, 0.15) is 0 Å². The number of piperidine rings is 1. The Balaban J connectivity index is 1.81. The van der Waals surface area contributed by atoms with Crippen molar-refractivity contribution in [2.45, 2.75) is 32.1 Å². The molecule has 102 valence electrons. The van der Waals surface area contributed by atoms with E-state index >= 15 is 0 Å². The highest BCUT2D eigenvalue weighted by molar-refractivity contribution is 5.77. The Morgan fingerprint density at radius 1 is 1.37 bits per heavy atom. The molecule has 1 aromatic carbocycles. The summed E-state index contributed by atoms with van der Waals surface area (Å²) < 4.78 is 0. The van der Waals surface area contributed by atoms with E-state index in [4.69, 9.17) is 0 Å². The van der Waals surface area contributed by atoms with Crippen molar-refractivity contribution in [3.8, 4) is 0 Å². The fraction of sp³-hybridized carbons (Fsp3) is 0.471. The van der Waals surface area contributed by atoms with Crippen LogP contribution in [0.2, 0.25) is 0 Å². The fourth-order valence-corrected chi connectivity index (χ4v) is 2.80. The minimum absolute atomic E-state index is 0.236. The summed E-state index contributed by atoms with van der Waals surface area (Å²) in [7, 11) is 0. The SMILES string of the molecule is C=CCC(=O)N1CCC[C@H](CCc2ccccc2)C1. The topological polar surface area (TPSA) is 20.3 Å². The second kappa shape index (κ2) is 7.13. The molecule has 1 fully saturated rings. The van der Waals surface area contributed by atoms with E-state index in [1.165, 1.54) is 18.4 Å². The highest BCUT2D eigenvalue weighted by atomic mass is 16.2. The zero-order valence-corrected chi connectivity index (χ0v) is 11.6. The van der Waals surface area contributed by atoms with Crippen molar-refractivity contribution in [2.24, 2.45) is 5.92 Å². The van der Waals surface area contributed by atoms with Crippen molar-refractivity contribution >= 4 is 5.91 Å². The Bertz CT molecular complexity index is 413. The number of aryl methyl sites for hydroxylation is 1. The number of benzene rings is 1. The molecule has 0 unspecified atom stereocenters. The second-order valence-corrected chi connectivity index (χ2v) is 5.37. The molecule has 1 aliphatic rings. The summed E-state index contributed by atoms with van der Waals surface area (Å²) in [5.74, 6) is 0.891. The summed E-state index contributed by atoms with van der Waals surface area (Å²) in [4.78, 5) is 13.9. The lowest BCUT2D eigenvalue weighted by Crippen LogP contribution is -2.39. The van der Waals surface area contributed by atoms with Gasteiger partial charge in [-0.2, -0.15) is 0 Å². The molecule has 2 heteroatoms. The van der Waals surface area contributed by atoms with Crippen molar-refractivity contribution in [3.05, 3.63) is 48.6 Å². The maximum atomic E-state index is 11.9. The molecule has 0 spiro atoms. The molecular formula is C17H23NO. The zero-order valence-electron chi connectivity index (χ0n) is 11.6. The van der Waals surface area contributed by atoms with Crippen LogP contribution in [0.1, 0.15) is 31.2 Å². The molecule has 1 amide bonds. The molecule has 0 radical (unpaired) electrons. The summed E-state index contributed by atoms with van der Waals surface area (Å²) >= 11 is 0. The molecule has 0 aromatic heterocycles. The van der Waals surface area contributed by atoms with E-state index in [9.17, 15) is 4.79 Å². The number of rotatable bonds is 5. The first-order valence-electron chi connectivity index (χ1n) is 7.22. The molecule has 0 aliphatic carbocycles. The summed E-state index contributed by atoms with van der Waals surface area (Å²) in [6.07, 6.45) is 6.88. The predicted octanol–water partition coefficient (Wildman–Crippen LogP) is 3.43. The zero-order chi connectivity index (χ0) is 13.5. The van der Waals surface area contributed by atoms with E-state index in [-0.39, 0.29) is 5.91 Å². The molecule has 1 aliphatic heterocycles. The summed E-state index contributed by atoms with van der Waals surface area (Å²) in [5, 5.41) is 0. The van der Waals surface area contributed by atoms with Crippen LogP contribution in [-0.4, -0.2) is 23.9 Å². The lowest BCUT2D eigenvalue weighted by atomic mass is 9.91. The van der Waals surface area contributed by atoms with Crippen LogP contribution in [0.3, 0.4) is 0 Å². The van der Waals surface area contributed by atoms with Gasteiger partial charge in [0.15, 0.2) is 0 Å². The molecule has 1 atom stereocenters. The van der Waals surface area contributed by atoms with Crippen LogP contribution in [0.15, 0.2) is 43.0 Å². The van der Waals surface area contributed by atoms with Gasteiger partial charge >= 0.3 is 0 Å². The molecule has 19 heavy (non-hydrogen) atoms. The number of amides is 1. The first-order chi connectivity index (χ1) is 9.29. The van der Waals surface area contributed by atoms with Gasteiger partial charge < -0.3 is 4.90 Å². The van der Waals surface area contributed by atoms with Gasteiger partial charge in [-0.15, -0.1) is 6.58 Å². The maximum Gasteiger partial charge on any atom is 0.226 e. The molecule has 0 bridgehead atoms. The van der Waals surface area contributed by atoms with Gasteiger partial charge in [-0.05, 0) is 37.2 Å². The largest absolute Gasteiger partial charge is 0.342 e. The summed E-state index contributed by atoms with van der Waals surface area (Å²) in [6, 6.07) is 10.6. The van der Waals surface area contributed by atoms with Crippen LogP contribution in [0, 0.1) is 5.92 Å². The normalized spacial score (nSPS) is 19.2. The van der Waals surface area contributed by atoms with E-state index in [0.717, 1.165) is 25.9 Å². The number of hydrogen-bond donors (Lipinski definition) is 0. The van der Waals surface area contributed by atoms with E-state index in [2.05, 4.69) is 36.9 Å². The van der Waals surface area contributed by atoms with Gasteiger partial charge in [-0.3, -0.25) is 4.79 Å². The van der Waals surface area contributed by atoms with Gasteiger partial charge in [-0.25, -0.2) is 0 Å². The monoisotopic (exact) mass is 257 g/mol.